The summed E-state index contributed by atoms with van der Waals surface area (Å²) in [6.45, 7) is 13.2. The molecular weight excluding hydrogens is 180 g/mol. The predicted octanol–water partition coefficient (Wildman–Crippen LogP) is 5.14. The van der Waals surface area contributed by atoms with Crippen LogP contribution in [-0.4, -0.2) is 0 Å². The lowest BCUT2D eigenvalue weighted by molar-refractivity contribution is 0.707. The Morgan fingerprint density at radius 3 is 2.07 bits per heavy atom. The highest BCUT2D eigenvalue weighted by Gasteiger charge is 2.01. The van der Waals surface area contributed by atoms with E-state index in [0.717, 1.165) is 6.42 Å². The van der Waals surface area contributed by atoms with E-state index in [1.165, 1.54) is 11.1 Å². The van der Waals surface area contributed by atoms with E-state index in [0.29, 0.717) is 11.8 Å². The van der Waals surface area contributed by atoms with Gasteiger partial charge in [0.1, 0.15) is 0 Å². The van der Waals surface area contributed by atoms with Crippen molar-refractivity contribution in [2.24, 2.45) is 11.8 Å². The molecule has 0 heteroatoms. The van der Waals surface area contributed by atoms with Crippen molar-refractivity contribution < 1.29 is 0 Å². The molecule has 0 spiro atoms. The van der Waals surface area contributed by atoms with Gasteiger partial charge in [0.25, 0.3) is 0 Å². The first-order valence-electron chi connectivity index (χ1n) is 5.94. The van der Waals surface area contributed by atoms with Crippen molar-refractivity contribution in [3.8, 4) is 0 Å². The summed E-state index contributed by atoms with van der Waals surface area (Å²) in [5.74, 6) is 1.27. The fourth-order valence-corrected chi connectivity index (χ4v) is 1.83. The third-order valence-electron chi connectivity index (χ3n) is 2.10. The minimum atomic E-state index is 0.634. The van der Waals surface area contributed by atoms with Crippen LogP contribution >= 0.6 is 0 Å². The van der Waals surface area contributed by atoms with Gasteiger partial charge in [-0.05, 0) is 39.0 Å². The van der Waals surface area contributed by atoms with E-state index in [2.05, 4.69) is 65.8 Å². The fourth-order valence-electron chi connectivity index (χ4n) is 1.83. The van der Waals surface area contributed by atoms with Crippen molar-refractivity contribution in [1.82, 2.24) is 0 Å². The zero-order valence-corrected chi connectivity index (χ0v) is 11.2. The molecule has 0 aromatic carbocycles. The van der Waals surface area contributed by atoms with E-state index in [1.54, 1.807) is 0 Å². The molecule has 0 heterocycles. The van der Waals surface area contributed by atoms with E-state index in [9.17, 15) is 0 Å². The number of rotatable bonds is 5. The average Bonchev–Trinajstić information content (AvgIpc) is 2.00. The third kappa shape index (κ3) is 8.23. The van der Waals surface area contributed by atoms with Crippen molar-refractivity contribution >= 4 is 0 Å². The van der Waals surface area contributed by atoms with Crippen LogP contribution in [0.1, 0.15) is 48.0 Å². The molecule has 0 aliphatic heterocycles. The summed E-state index contributed by atoms with van der Waals surface area (Å²) in [4.78, 5) is 0. The van der Waals surface area contributed by atoms with Gasteiger partial charge in [-0.1, -0.05) is 56.2 Å². The maximum Gasteiger partial charge on any atom is -0.0219 e. The highest BCUT2D eigenvalue weighted by atomic mass is 14.1. The molecule has 15 heavy (non-hydrogen) atoms. The van der Waals surface area contributed by atoms with Gasteiger partial charge in [0.05, 0.1) is 0 Å². The molecule has 0 aliphatic rings. The van der Waals surface area contributed by atoms with Crippen molar-refractivity contribution in [2.45, 2.75) is 48.0 Å². The smallest absolute Gasteiger partial charge is 0.0219 e. The summed E-state index contributed by atoms with van der Waals surface area (Å²) in [5, 5.41) is 0. The Labute approximate surface area is 95.8 Å². The zero-order chi connectivity index (χ0) is 11.8. The van der Waals surface area contributed by atoms with E-state index in [1.807, 2.05) is 0 Å². The molecular formula is C15H26. The molecule has 0 bridgehead atoms. The van der Waals surface area contributed by atoms with Gasteiger partial charge in [-0.25, -0.2) is 0 Å². The van der Waals surface area contributed by atoms with E-state index < -0.39 is 0 Å². The van der Waals surface area contributed by atoms with Gasteiger partial charge in [0, 0.05) is 0 Å². The molecule has 0 aliphatic carbocycles. The molecule has 0 radical (unpaired) electrons. The zero-order valence-electron chi connectivity index (χ0n) is 11.2. The second kappa shape index (κ2) is 7.50. The lowest BCUT2D eigenvalue weighted by Crippen LogP contribution is -1.94. The quantitative estimate of drug-likeness (QED) is 0.432. The van der Waals surface area contributed by atoms with Gasteiger partial charge >= 0.3 is 0 Å². The topological polar surface area (TPSA) is 0 Å². The second-order valence-corrected chi connectivity index (χ2v) is 4.91. The maximum absolute atomic E-state index is 2.36. The van der Waals surface area contributed by atoms with E-state index >= 15 is 0 Å². The van der Waals surface area contributed by atoms with Gasteiger partial charge < -0.3 is 0 Å². The summed E-state index contributed by atoms with van der Waals surface area (Å²) < 4.78 is 0. The Hall–Kier alpha value is -0.780. The summed E-state index contributed by atoms with van der Waals surface area (Å²) in [7, 11) is 0. The lowest BCUT2D eigenvalue weighted by atomic mass is 9.96. The largest absolute Gasteiger partial charge is 0.0874 e. The van der Waals surface area contributed by atoms with Crippen LogP contribution in [0, 0.1) is 11.8 Å². The number of hydrogen-bond acceptors (Lipinski definition) is 0. The molecule has 0 amide bonds. The predicted molar refractivity (Wildman–Crippen MR) is 70.9 cm³/mol. The Kier molecular flexibility index (Phi) is 7.11. The average molecular weight is 206 g/mol. The van der Waals surface area contributed by atoms with Gasteiger partial charge in [0.2, 0.25) is 0 Å². The third-order valence-corrected chi connectivity index (χ3v) is 2.10. The molecule has 0 aromatic rings. The van der Waals surface area contributed by atoms with Crippen LogP contribution in [0.5, 0.6) is 0 Å². The molecule has 0 nitrogen and oxygen atoms in total. The Morgan fingerprint density at radius 2 is 1.67 bits per heavy atom. The van der Waals surface area contributed by atoms with Crippen molar-refractivity contribution in [3.63, 3.8) is 0 Å². The van der Waals surface area contributed by atoms with Crippen LogP contribution < -0.4 is 0 Å². The molecule has 86 valence electrons. The van der Waals surface area contributed by atoms with Crippen molar-refractivity contribution in [1.29, 1.82) is 0 Å². The fraction of sp³-hybridized carbons (Fsp3) is 0.600. The normalized spacial score (nSPS) is 14.7. The van der Waals surface area contributed by atoms with E-state index in [4.69, 9.17) is 0 Å². The van der Waals surface area contributed by atoms with Crippen LogP contribution in [0.25, 0.3) is 0 Å². The first-order chi connectivity index (χ1) is 6.95. The summed E-state index contributed by atoms with van der Waals surface area (Å²) in [6.07, 6.45) is 10.2. The van der Waals surface area contributed by atoms with Crippen LogP contribution in [0.3, 0.4) is 0 Å². The molecule has 1 unspecified atom stereocenters. The molecule has 0 aromatic heterocycles. The highest BCUT2D eigenvalue weighted by Crippen LogP contribution is 2.17. The standard InChI is InChI=1S/C15H26/c1-7-8-15(10-13(4)5)11-14(6)9-12(2)3/h7-10,13-14H,11H2,1-6H3/b8-7+,15-10-. The van der Waals surface area contributed by atoms with Crippen LogP contribution in [0.4, 0.5) is 0 Å². The maximum atomic E-state index is 2.36. The van der Waals surface area contributed by atoms with Crippen molar-refractivity contribution in [2.75, 3.05) is 0 Å². The van der Waals surface area contributed by atoms with Gasteiger partial charge in [0.15, 0.2) is 0 Å². The first kappa shape index (κ1) is 14.2. The van der Waals surface area contributed by atoms with Gasteiger partial charge in [-0.3, -0.25) is 0 Å². The van der Waals surface area contributed by atoms with E-state index in [-0.39, 0.29) is 0 Å². The minimum absolute atomic E-state index is 0.634. The number of hydrogen-bond donors (Lipinski definition) is 0. The summed E-state index contributed by atoms with van der Waals surface area (Å²) >= 11 is 0. The molecule has 0 saturated heterocycles. The van der Waals surface area contributed by atoms with Gasteiger partial charge in [-0.15, -0.1) is 0 Å². The molecule has 0 saturated carbocycles. The first-order valence-corrected chi connectivity index (χ1v) is 5.94. The second-order valence-electron chi connectivity index (χ2n) is 4.91. The highest BCUT2D eigenvalue weighted by molar-refractivity contribution is 5.20. The minimum Gasteiger partial charge on any atom is -0.0874 e. The Bertz CT molecular complexity index is 247. The van der Waals surface area contributed by atoms with Crippen LogP contribution in [0.15, 0.2) is 35.5 Å². The van der Waals surface area contributed by atoms with Gasteiger partial charge in [-0.2, -0.15) is 0 Å². The monoisotopic (exact) mass is 206 g/mol. The van der Waals surface area contributed by atoms with Crippen LogP contribution in [0.2, 0.25) is 0 Å². The van der Waals surface area contributed by atoms with Crippen molar-refractivity contribution in [3.05, 3.63) is 35.5 Å². The molecule has 1 atom stereocenters. The number of allylic oxidation sites excluding steroid dienone is 6. The lowest BCUT2D eigenvalue weighted by Gasteiger charge is -2.09. The molecule has 0 rings (SSSR count). The Morgan fingerprint density at radius 1 is 1.07 bits per heavy atom. The SMILES string of the molecule is C/C=C/C(=C/C(C)C)CC(C)C=C(C)C. The molecule has 0 N–H and O–H groups in total. The summed E-state index contributed by atoms with van der Waals surface area (Å²) in [6, 6.07) is 0. The molecule has 0 fully saturated rings. The van der Waals surface area contributed by atoms with Crippen LogP contribution in [-0.2, 0) is 0 Å². The summed E-state index contributed by atoms with van der Waals surface area (Å²) in [5.41, 5.74) is 2.87. The Balaban J connectivity index is 4.49.